The summed E-state index contributed by atoms with van der Waals surface area (Å²) in [6.45, 7) is 2.42. The summed E-state index contributed by atoms with van der Waals surface area (Å²) in [5.41, 5.74) is 7.90. The molecule has 0 amide bonds. The van der Waals surface area contributed by atoms with Crippen LogP contribution in [0, 0.1) is 6.92 Å². The lowest BCUT2D eigenvalue weighted by Crippen LogP contribution is -2.17. The molecule has 2 nitrogen and oxygen atoms in total. The van der Waals surface area contributed by atoms with Gasteiger partial charge < -0.3 is 10.5 Å². The molecule has 0 heterocycles. The van der Waals surface area contributed by atoms with Crippen molar-refractivity contribution < 1.29 is 4.74 Å². The lowest BCUT2D eigenvalue weighted by molar-refractivity contribution is 0.180. The van der Waals surface area contributed by atoms with Crippen LogP contribution in [0.4, 0.5) is 0 Å². The van der Waals surface area contributed by atoms with Gasteiger partial charge in [-0.1, -0.05) is 23.2 Å². The highest BCUT2D eigenvalue weighted by atomic mass is 35.5. The molecule has 4 heteroatoms. The molecule has 2 N–H and O–H groups in total. The number of hydrogen-bond acceptors (Lipinski definition) is 2. The summed E-state index contributed by atoms with van der Waals surface area (Å²) in [6.07, 6.45) is 0. The first-order valence-corrected chi connectivity index (χ1v) is 5.02. The average molecular weight is 234 g/mol. The van der Waals surface area contributed by atoms with Crippen LogP contribution in [-0.4, -0.2) is 13.7 Å². The van der Waals surface area contributed by atoms with Crippen LogP contribution in [0.15, 0.2) is 12.1 Å². The Morgan fingerprint density at radius 3 is 2.50 bits per heavy atom. The van der Waals surface area contributed by atoms with Crippen LogP contribution >= 0.6 is 23.2 Å². The first-order chi connectivity index (χ1) is 6.56. The van der Waals surface area contributed by atoms with E-state index >= 15 is 0 Å². The zero-order valence-corrected chi connectivity index (χ0v) is 9.69. The molecule has 1 aromatic carbocycles. The van der Waals surface area contributed by atoms with Gasteiger partial charge in [-0.2, -0.15) is 0 Å². The monoisotopic (exact) mass is 233 g/mol. The van der Waals surface area contributed by atoms with Crippen molar-refractivity contribution in [2.24, 2.45) is 5.73 Å². The molecular weight excluding hydrogens is 221 g/mol. The topological polar surface area (TPSA) is 35.2 Å². The van der Waals surface area contributed by atoms with Gasteiger partial charge in [0.1, 0.15) is 0 Å². The number of nitrogens with two attached hydrogens (primary N) is 1. The molecule has 1 rings (SSSR count). The molecule has 0 aliphatic carbocycles. The number of methoxy groups -OCH3 is 1. The molecule has 0 spiro atoms. The first-order valence-electron chi connectivity index (χ1n) is 4.26. The number of rotatable bonds is 3. The minimum atomic E-state index is -0.158. The molecular formula is C10H13Cl2NO. The number of hydrogen-bond donors (Lipinski definition) is 1. The number of ether oxygens (including phenoxy) is 1. The van der Waals surface area contributed by atoms with Crippen LogP contribution in [0.2, 0.25) is 10.0 Å². The average Bonchev–Trinajstić information content (AvgIpc) is 2.11. The summed E-state index contributed by atoms with van der Waals surface area (Å²) in [7, 11) is 1.62. The quantitative estimate of drug-likeness (QED) is 0.872. The molecule has 1 atom stereocenters. The SMILES string of the molecule is COC[C@H](N)c1cc(Cl)c(Cl)cc1C. The third-order valence-corrected chi connectivity index (χ3v) is 2.78. The van der Waals surface area contributed by atoms with E-state index < -0.39 is 0 Å². The van der Waals surface area contributed by atoms with E-state index in [0.717, 1.165) is 11.1 Å². The van der Waals surface area contributed by atoms with E-state index in [4.69, 9.17) is 33.7 Å². The van der Waals surface area contributed by atoms with E-state index in [-0.39, 0.29) is 6.04 Å². The maximum Gasteiger partial charge on any atom is 0.0655 e. The highest BCUT2D eigenvalue weighted by molar-refractivity contribution is 6.42. The van der Waals surface area contributed by atoms with E-state index in [1.54, 1.807) is 13.2 Å². The second-order valence-electron chi connectivity index (χ2n) is 3.18. The van der Waals surface area contributed by atoms with Crippen LogP contribution in [0.25, 0.3) is 0 Å². The normalized spacial score (nSPS) is 12.9. The van der Waals surface area contributed by atoms with Crippen LogP contribution in [-0.2, 0) is 4.74 Å². The second-order valence-corrected chi connectivity index (χ2v) is 4.00. The molecule has 0 bridgehead atoms. The van der Waals surface area contributed by atoms with Gasteiger partial charge >= 0.3 is 0 Å². The Morgan fingerprint density at radius 1 is 1.36 bits per heavy atom. The predicted octanol–water partition coefficient (Wildman–Crippen LogP) is 2.95. The van der Waals surface area contributed by atoms with Crippen molar-refractivity contribution >= 4 is 23.2 Å². The highest BCUT2D eigenvalue weighted by Crippen LogP contribution is 2.28. The van der Waals surface area contributed by atoms with E-state index in [2.05, 4.69) is 0 Å². The van der Waals surface area contributed by atoms with Crippen molar-refractivity contribution in [2.45, 2.75) is 13.0 Å². The lowest BCUT2D eigenvalue weighted by Gasteiger charge is -2.14. The fraction of sp³-hybridized carbons (Fsp3) is 0.400. The minimum Gasteiger partial charge on any atom is -0.383 e. The number of aryl methyl sites for hydroxylation is 1. The Balaban J connectivity index is 3.02. The third-order valence-electron chi connectivity index (χ3n) is 2.05. The Hall–Kier alpha value is -0.280. The molecule has 0 aromatic heterocycles. The smallest absolute Gasteiger partial charge is 0.0655 e. The summed E-state index contributed by atoms with van der Waals surface area (Å²) < 4.78 is 4.98. The first kappa shape index (κ1) is 11.8. The van der Waals surface area contributed by atoms with Gasteiger partial charge in [0, 0.05) is 7.11 Å². The van der Waals surface area contributed by atoms with Crippen LogP contribution in [0.5, 0.6) is 0 Å². The van der Waals surface area contributed by atoms with Gasteiger partial charge in [0.25, 0.3) is 0 Å². The van der Waals surface area contributed by atoms with Gasteiger partial charge in [0.2, 0.25) is 0 Å². The van der Waals surface area contributed by atoms with E-state index in [9.17, 15) is 0 Å². The van der Waals surface area contributed by atoms with Crippen LogP contribution in [0.3, 0.4) is 0 Å². The second kappa shape index (κ2) is 4.99. The van der Waals surface area contributed by atoms with Crippen molar-refractivity contribution in [1.29, 1.82) is 0 Å². The number of halogens is 2. The molecule has 0 radical (unpaired) electrons. The van der Waals surface area contributed by atoms with Crippen molar-refractivity contribution in [3.05, 3.63) is 33.3 Å². The van der Waals surface area contributed by atoms with Gasteiger partial charge in [-0.3, -0.25) is 0 Å². The van der Waals surface area contributed by atoms with Gasteiger partial charge in [-0.05, 0) is 30.2 Å². The van der Waals surface area contributed by atoms with E-state index in [1.165, 1.54) is 0 Å². The van der Waals surface area contributed by atoms with Gasteiger partial charge in [0.05, 0.1) is 22.7 Å². The molecule has 0 aliphatic heterocycles. The Labute approximate surface area is 94.0 Å². The largest absolute Gasteiger partial charge is 0.383 e. The van der Waals surface area contributed by atoms with Crippen LogP contribution < -0.4 is 5.73 Å². The molecule has 78 valence electrons. The molecule has 14 heavy (non-hydrogen) atoms. The molecule has 0 fully saturated rings. The third kappa shape index (κ3) is 2.61. The molecule has 0 unspecified atom stereocenters. The predicted molar refractivity (Wildman–Crippen MR) is 60.0 cm³/mol. The van der Waals surface area contributed by atoms with Crippen molar-refractivity contribution in [1.82, 2.24) is 0 Å². The lowest BCUT2D eigenvalue weighted by atomic mass is 10.0. The zero-order valence-electron chi connectivity index (χ0n) is 8.18. The molecule has 0 saturated heterocycles. The van der Waals surface area contributed by atoms with Gasteiger partial charge in [-0.25, -0.2) is 0 Å². The van der Waals surface area contributed by atoms with Crippen LogP contribution in [0.1, 0.15) is 17.2 Å². The van der Waals surface area contributed by atoms with Crippen molar-refractivity contribution in [3.63, 3.8) is 0 Å². The number of benzene rings is 1. The fourth-order valence-corrected chi connectivity index (χ4v) is 1.72. The fourth-order valence-electron chi connectivity index (χ4n) is 1.33. The Kier molecular flexibility index (Phi) is 4.20. The highest BCUT2D eigenvalue weighted by Gasteiger charge is 2.11. The summed E-state index contributed by atoms with van der Waals surface area (Å²) in [5, 5.41) is 1.08. The van der Waals surface area contributed by atoms with Crippen molar-refractivity contribution in [3.8, 4) is 0 Å². The molecule has 0 aliphatic rings. The Bertz CT molecular complexity index is 328. The maximum absolute atomic E-state index is 5.90. The Morgan fingerprint density at radius 2 is 1.93 bits per heavy atom. The minimum absolute atomic E-state index is 0.158. The van der Waals surface area contributed by atoms with Gasteiger partial charge in [0.15, 0.2) is 0 Å². The maximum atomic E-state index is 5.90. The van der Waals surface area contributed by atoms with E-state index in [0.29, 0.717) is 16.7 Å². The summed E-state index contributed by atoms with van der Waals surface area (Å²) in [6, 6.07) is 3.45. The van der Waals surface area contributed by atoms with Gasteiger partial charge in [-0.15, -0.1) is 0 Å². The zero-order chi connectivity index (χ0) is 10.7. The standard InChI is InChI=1S/C10H13Cl2NO/c1-6-3-8(11)9(12)4-7(6)10(13)5-14-2/h3-4,10H,5,13H2,1-2H3/t10-/m0/s1. The molecule has 0 saturated carbocycles. The summed E-state index contributed by atoms with van der Waals surface area (Å²) >= 11 is 11.8. The van der Waals surface area contributed by atoms with Crippen molar-refractivity contribution in [2.75, 3.05) is 13.7 Å². The van der Waals surface area contributed by atoms with E-state index in [1.807, 2.05) is 13.0 Å². The molecule has 1 aromatic rings. The summed E-state index contributed by atoms with van der Waals surface area (Å²) in [4.78, 5) is 0. The summed E-state index contributed by atoms with van der Waals surface area (Å²) in [5.74, 6) is 0.